The van der Waals surface area contributed by atoms with Gasteiger partial charge in [-0.25, -0.2) is 0 Å². The first-order chi connectivity index (χ1) is 33.3. The Morgan fingerprint density at radius 1 is 0.609 bits per heavy atom. The van der Waals surface area contributed by atoms with Crippen molar-refractivity contribution in [3.05, 3.63) is 158 Å². The van der Waals surface area contributed by atoms with E-state index in [0.717, 1.165) is 27.8 Å². The zero-order chi connectivity index (χ0) is 49.3. The number of aliphatic hydroxyl groups is 2. The van der Waals surface area contributed by atoms with Crippen LogP contribution >= 0.6 is 23.2 Å². The largest absolute Gasteiger partial charge is 0.488 e. The Bertz CT molecular complexity index is 2860. The lowest BCUT2D eigenvalue weighted by molar-refractivity contribution is -0.140. The van der Waals surface area contributed by atoms with Crippen LogP contribution in [0, 0.1) is 29.6 Å². The molecule has 0 saturated carbocycles. The molecular formula is C50H47Cl2N7O10. The number of pyridine rings is 3. The van der Waals surface area contributed by atoms with Crippen molar-refractivity contribution in [3.63, 3.8) is 0 Å². The first kappa shape index (κ1) is 51.0. The van der Waals surface area contributed by atoms with Crippen molar-refractivity contribution in [1.29, 1.82) is 10.5 Å². The number of hydrogen-bond acceptors (Lipinski definition) is 15. The maximum absolute atomic E-state index is 11.0. The van der Waals surface area contributed by atoms with Gasteiger partial charge in [0.05, 0.1) is 46.2 Å². The minimum atomic E-state index is -1.12. The number of ether oxygens (including phenoxy) is 4. The molecule has 6 aromatic rings. The van der Waals surface area contributed by atoms with E-state index in [0.29, 0.717) is 61.4 Å². The van der Waals surface area contributed by atoms with E-state index in [4.69, 9.17) is 52.4 Å². The van der Waals surface area contributed by atoms with Gasteiger partial charge < -0.3 is 50.0 Å². The second-order valence-corrected chi connectivity index (χ2v) is 16.6. The van der Waals surface area contributed by atoms with E-state index in [1.54, 1.807) is 61.2 Å². The van der Waals surface area contributed by atoms with E-state index in [1.165, 1.54) is 12.4 Å². The second-order valence-electron chi connectivity index (χ2n) is 15.8. The lowest BCUT2D eigenvalue weighted by atomic mass is 9.97. The standard InChI is InChI=1S/C50H47Cl2N7O10/c1-30-36(29-69-48-13-46(67-27-34-6-32(15-54)17-56-19-34)39(9-44(48)52)23-59-25-41(61)11-50(64)65)3-2-4-42(30)37-7-35(20-57-21-37)28-68-47-12-45(66-26-33-5-31(14-53)16-55-18-33)38(8-43(47)51)22-58-24-40(60)10-49(62)63/h2-9,12-13,16-21,40-41,58-61H,10-11,22-29H2,1H3,(H,62,63)(H,64,65). The first-order valence-corrected chi connectivity index (χ1v) is 22.1. The van der Waals surface area contributed by atoms with Gasteiger partial charge in [0.2, 0.25) is 0 Å². The lowest BCUT2D eigenvalue weighted by Crippen LogP contribution is -2.28. The number of benzene rings is 3. The molecule has 0 radical (unpaired) electrons. The Balaban J connectivity index is 1.16. The normalized spacial score (nSPS) is 11.8. The number of halogens is 2. The van der Waals surface area contributed by atoms with E-state index in [2.05, 4.69) is 37.7 Å². The molecular weight excluding hydrogens is 929 g/mol. The van der Waals surface area contributed by atoms with Gasteiger partial charge in [-0.3, -0.25) is 24.5 Å². The van der Waals surface area contributed by atoms with E-state index >= 15 is 0 Å². The Morgan fingerprint density at radius 2 is 1.06 bits per heavy atom. The predicted molar refractivity (Wildman–Crippen MR) is 252 cm³/mol. The maximum Gasteiger partial charge on any atom is 0.306 e. The van der Waals surface area contributed by atoms with Crippen LogP contribution < -0.4 is 29.6 Å². The molecule has 356 valence electrons. The van der Waals surface area contributed by atoms with E-state index in [-0.39, 0.29) is 57.6 Å². The van der Waals surface area contributed by atoms with Crippen LogP contribution in [0.1, 0.15) is 62.9 Å². The topological polar surface area (TPSA) is 262 Å². The molecule has 3 aromatic carbocycles. The van der Waals surface area contributed by atoms with Crippen molar-refractivity contribution in [1.82, 2.24) is 25.6 Å². The average molecular weight is 977 g/mol. The minimum Gasteiger partial charge on any atom is -0.488 e. The summed E-state index contributed by atoms with van der Waals surface area (Å²) in [6.45, 7) is 2.76. The predicted octanol–water partition coefficient (Wildman–Crippen LogP) is 7.06. The number of nitrogens with one attached hydrogen (secondary N) is 2. The summed E-state index contributed by atoms with van der Waals surface area (Å²) < 4.78 is 24.9. The number of aliphatic carboxylic acids is 2. The number of aromatic nitrogens is 3. The summed E-state index contributed by atoms with van der Waals surface area (Å²) in [7, 11) is 0. The number of nitrogens with zero attached hydrogens (tertiary/aromatic N) is 5. The van der Waals surface area contributed by atoms with Crippen LogP contribution in [0.15, 0.2) is 97.8 Å². The quantitative estimate of drug-likeness (QED) is 0.0335. The van der Waals surface area contributed by atoms with Gasteiger partial charge in [-0.2, -0.15) is 10.5 Å². The highest BCUT2D eigenvalue weighted by Crippen LogP contribution is 2.36. The molecule has 0 saturated heterocycles. The third-order valence-electron chi connectivity index (χ3n) is 10.4. The van der Waals surface area contributed by atoms with Crippen molar-refractivity contribution in [3.8, 4) is 46.3 Å². The molecule has 0 aliphatic carbocycles. The van der Waals surface area contributed by atoms with Crippen molar-refractivity contribution < 1.29 is 49.0 Å². The van der Waals surface area contributed by atoms with E-state index < -0.39 is 37.0 Å². The number of nitriles is 2. The Morgan fingerprint density at radius 3 is 1.54 bits per heavy atom. The third-order valence-corrected chi connectivity index (χ3v) is 11.0. The highest BCUT2D eigenvalue weighted by atomic mass is 35.5. The molecule has 2 unspecified atom stereocenters. The van der Waals surface area contributed by atoms with Crippen molar-refractivity contribution in [2.75, 3.05) is 13.1 Å². The molecule has 0 bridgehead atoms. The van der Waals surface area contributed by atoms with Gasteiger partial charge in [-0.15, -0.1) is 0 Å². The van der Waals surface area contributed by atoms with Gasteiger partial charge >= 0.3 is 11.9 Å². The molecule has 3 aromatic heterocycles. The van der Waals surface area contributed by atoms with Crippen LogP contribution in [0.2, 0.25) is 10.0 Å². The van der Waals surface area contributed by atoms with Gasteiger partial charge in [0, 0.05) is 109 Å². The molecule has 0 spiro atoms. The molecule has 0 amide bonds. The fraction of sp³-hybridized carbons (Fsp3) is 0.260. The maximum atomic E-state index is 11.0. The van der Waals surface area contributed by atoms with Crippen molar-refractivity contribution in [2.45, 2.75) is 71.5 Å². The van der Waals surface area contributed by atoms with Crippen LogP contribution in [-0.2, 0) is 49.1 Å². The summed E-state index contributed by atoms with van der Waals surface area (Å²) in [6, 6.07) is 21.9. The number of rotatable bonds is 25. The van der Waals surface area contributed by atoms with Crippen LogP contribution in [0.3, 0.4) is 0 Å². The van der Waals surface area contributed by atoms with Crippen LogP contribution in [0.5, 0.6) is 23.0 Å². The molecule has 19 heteroatoms. The highest BCUT2D eigenvalue weighted by molar-refractivity contribution is 6.32. The fourth-order valence-electron chi connectivity index (χ4n) is 6.97. The fourth-order valence-corrected chi connectivity index (χ4v) is 7.45. The van der Waals surface area contributed by atoms with Gasteiger partial charge in [-0.05, 0) is 53.9 Å². The monoisotopic (exact) mass is 975 g/mol. The molecule has 6 N–H and O–H groups in total. The van der Waals surface area contributed by atoms with Gasteiger partial charge in [-0.1, -0.05) is 41.4 Å². The Hall–Kier alpha value is -7.35. The second kappa shape index (κ2) is 25.1. The van der Waals surface area contributed by atoms with Crippen LogP contribution in [0.25, 0.3) is 11.1 Å². The number of aliphatic hydroxyl groups excluding tert-OH is 2. The van der Waals surface area contributed by atoms with Crippen LogP contribution in [0.4, 0.5) is 0 Å². The molecule has 6 rings (SSSR count). The SMILES string of the molecule is Cc1c(COc2cc(OCc3cncc(C#N)c3)c(CNCC(O)CC(=O)O)cc2Cl)cccc1-c1cncc(COc2cc(OCc3cncc(C#N)c3)c(CNCC(O)CC(=O)O)cc2Cl)c1. The molecule has 3 heterocycles. The van der Waals surface area contributed by atoms with Crippen LogP contribution in [-0.4, -0.2) is 72.6 Å². The smallest absolute Gasteiger partial charge is 0.306 e. The summed E-state index contributed by atoms with van der Waals surface area (Å²) in [5.41, 5.74) is 7.56. The average Bonchev–Trinajstić information content (AvgIpc) is 3.32. The van der Waals surface area contributed by atoms with Gasteiger partial charge in [0.1, 0.15) is 61.6 Å². The molecule has 0 aliphatic rings. The summed E-state index contributed by atoms with van der Waals surface area (Å²) in [5, 5.41) is 63.5. The first-order valence-electron chi connectivity index (χ1n) is 21.4. The molecule has 0 aliphatic heterocycles. The molecule has 17 nitrogen and oxygen atoms in total. The zero-order valence-corrected chi connectivity index (χ0v) is 38.7. The number of carboxylic acids is 2. The summed E-state index contributed by atoms with van der Waals surface area (Å²) in [6.07, 6.45) is 6.47. The van der Waals surface area contributed by atoms with Crippen molar-refractivity contribution in [2.24, 2.45) is 0 Å². The number of hydrogen-bond donors (Lipinski definition) is 6. The molecule has 2 atom stereocenters. The van der Waals surface area contributed by atoms with Gasteiger partial charge in [0.15, 0.2) is 0 Å². The molecule has 69 heavy (non-hydrogen) atoms. The third kappa shape index (κ3) is 15.3. The Kier molecular flexibility index (Phi) is 18.6. The Labute approximate surface area is 407 Å². The summed E-state index contributed by atoms with van der Waals surface area (Å²) in [4.78, 5) is 34.8. The number of carbonyl (C=O) groups is 2. The molecule has 0 fully saturated rings. The summed E-state index contributed by atoms with van der Waals surface area (Å²) >= 11 is 13.5. The highest BCUT2D eigenvalue weighted by Gasteiger charge is 2.18. The zero-order valence-electron chi connectivity index (χ0n) is 37.2. The van der Waals surface area contributed by atoms with E-state index in [1.807, 2.05) is 31.2 Å². The van der Waals surface area contributed by atoms with Crippen molar-refractivity contribution >= 4 is 35.1 Å². The van der Waals surface area contributed by atoms with Gasteiger partial charge in [0.25, 0.3) is 0 Å². The van der Waals surface area contributed by atoms with E-state index in [9.17, 15) is 30.3 Å². The summed E-state index contributed by atoms with van der Waals surface area (Å²) in [5.74, 6) is -0.757. The number of carboxylic acid groups (broad SMARTS) is 2. The lowest BCUT2D eigenvalue weighted by Gasteiger charge is -2.18. The minimum absolute atomic E-state index is 0.0141.